The van der Waals surface area contributed by atoms with Crippen molar-refractivity contribution in [1.82, 2.24) is 0 Å². The van der Waals surface area contributed by atoms with Crippen LogP contribution in [0, 0.1) is 11.3 Å². The number of amides is 1. The van der Waals surface area contributed by atoms with Gasteiger partial charge in [-0.25, -0.2) is 8.42 Å². The first-order valence-electron chi connectivity index (χ1n) is 5.66. The number of carbonyl (C=O) groups is 1. The zero-order valence-electron chi connectivity index (χ0n) is 10.4. The average Bonchev–Trinajstić information content (AvgIpc) is 2.89. The topological polar surface area (TPSA) is 63.2 Å². The van der Waals surface area contributed by atoms with E-state index in [4.69, 9.17) is 10.7 Å². The highest BCUT2D eigenvalue weighted by Crippen LogP contribution is 2.52. The molecule has 2 rings (SSSR count). The van der Waals surface area contributed by atoms with Crippen LogP contribution < -0.4 is 5.32 Å². The SMILES string of the molecule is CC1(C)CC1C(=O)Nc1ccc(S(=O)(=O)Cl)cc1Br. The van der Waals surface area contributed by atoms with Gasteiger partial charge in [-0.15, -0.1) is 0 Å². The Labute approximate surface area is 125 Å². The average molecular weight is 367 g/mol. The molecular weight excluding hydrogens is 354 g/mol. The van der Waals surface area contributed by atoms with Crippen LogP contribution in [0.5, 0.6) is 0 Å². The first-order chi connectivity index (χ1) is 8.61. The number of halogens is 2. The molecule has 1 aliphatic carbocycles. The second kappa shape index (κ2) is 4.75. The molecule has 0 radical (unpaired) electrons. The molecule has 4 nitrogen and oxygen atoms in total. The van der Waals surface area contributed by atoms with Gasteiger partial charge in [0.2, 0.25) is 5.91 Å². The first kappa shape index (κ1) is 14.8. The van der Waals surface area contributed by atoms with E-state index in [1.165, 1.54) is 18.2 Å². The fourth-order valence-corrected chi connectivity index (χ4v) is 3.29. The number of hydrogen-bond acceptors (Lipinski definition) is 3. The highest BCUT2D eigenvalue weighted by Gasteiger charge is 2.50. The molecule has 1 aromatic carbocycles. The number of hydrogen-bond donors (Lipinski definition) is 1. The molecule has 1 aromatic rings. The Kier molecular flexibility index (Phi) is 3.70. The van der Waals surface area contributed by atoms with Crippen LogP contribution in [-0.2, 0) is 13.8 Å². The standard InChI is InChI=1S/C12H13BrClNO3S/c1-12(2)6-8(12)11(16)15-10-4-3-7(5-9(10)13)19(14,17)18/h3-5,8H,6H2,1-2H3,(H,15,16). The van der Waals surface area contributed by atoms with Gasteiger partial charge in [-0.05, 0) is 46.0 Å². The Morgan fingerprint density at radius 2 is 2.05 bits per heavy atom. The van der Waals surface area contributed by atoms with E-state index in [0.29, 0.717) is 10.2 Å². The van der Waals surface area contributed by atoms with Crippen LogP contribution in [0.1, 0.15) is 20.3 Å². The van der Waals surface area contributed by atoms with E-state index < -0.39 is 9.05 Å². The van der Waals surface area contributed by atoms with E-state index in [-0.39, 0.29) is 22.1 Å². The highest BCUT2D eigenvalue weighted by molar-refractivity contribution is 9.10. The van der Waals surface area contributed by atoms with Crippen molar-refractivity contribution >= 4 is 47.3 Å². The van der Waals surface area contributed by atoms with Crippen LogP contribution >= 0.6 is 26.6 Å². The molecule has 0 bridgehead atoms. The molecular formula is C12H13BrClNO3S. The van der Waals surface area contributed by atoms with Crippen LogP contribution in [0.4, 0.5) is 5.69 Å². The molecule has 1 amide bonds. The third-order valence-corrected chi connectivity index (χ3v) is 5.32. The molecule has 0 heterocycles. The molecule has 0 aliphatic heterocycles. The van der Waals surface area contributed by atoms with E-state index in [9.17, 15) is 13.2 Å². The zero-order valence-corrected chi connectivity index (χ0v) is 13.6. The van der Waals surface area contributed by atoms with Crippen molar-refractivity contribution in [1.29, 1.82) is 0 Å². The monoisotopic (exact) mass is 365 g/mol. The van der Waals surface area contributed by atoms with Gasteiger partial charge >= 0.3 is 0 Å². The Hall–Kier alpha value is -0.590. The summed E-state index contributed by atoms with van der Waals surface area (Å²) in [5.74, 6) is -0.0389. The van der Waals surface area contributed by atoms with Gasteiger partial charge in [0.05, 0.1) is 10.6 Å². The van der Waals surface area contributed by atoms with Crippen LogP contribution in [0.15, 0.2) is 27.6 Å². The highest BCUT2D eigenvalue weighted by atomic mass is 79.9. The van der Waals surface area contributed by atoms with Gasteiger partial charge < -0.3 is 5.32 Å². The van der Waals surface area contributed by atoms with Crippen molar-refractivity contribution in [3.63, 3.8) is 0 Å². The predicted octanol–water partition coefficient (Wildman–Crippen LogP) is 3.36. The number of anilines is 1. The summed E-state index contributed by atoms with van der Waals surface area (Å²) in [5.41, 5.74) is 0.590. The lowest BCUT2D eigenvalue weighted by Gasteiger charge is -2.09. The summed E-state index contributed by atoms with van der Waals surface area (Å²) in [4.78, 5) is 11.9. The minimum atomic E-state index is -3.76. The summed E-state index contributed by atoms with van der Waals surface area (Å²) in [5, 5.41) is 2.78. The second-order valence-electron chi connectivity index (χ2n) is 5.31. The maximum Gasteiger partial charge on any atom is 0.261 e. The van der Waals surface area contributed by atoms with Crippen LogP contribution in [0.2, 0.25) is 0 Å². The molecule has 1 aliphatic rings. The Morgan fingerprint density at radius 1 is 1.47 bits per heavy atom. The van der Waals surface area contributed by atoms with Crippen molar-refractivity contribution in [2.24, 2.45) is 11.3 Å². The molecule has 0 saturated heterocycles. The van der Waals surface area contributed by atoms with E-state index >= 15 is 0 Å². The van der Waals surface area contributed by atoms with Crippen molar-refractivity contribution in [3.05, 3.63) is 22.7 Å². The van der Waals surface area contributed by atoms with Gasteiger partial charge in [-0.2, -0.15) is 0 Å². The molecule has 19 heavy (non-hydrogen) atoms. The van der Waals surface area contributed by atoms with Gasteiger partial charge in [-0.1, -0.05) is 13.8 Å². The largest absolute Gasteiger partial charge is 0.325 e. The van der Waals surface area contributed by atoms with E-state index in [0.717, 1.165) is 6.42 Å². The Morgan fingerprint density at radius 3 is 2.47 bits per heavy atom. The van der Waals surface area contributed by atoms with Crippen LogP contribution in [0.3, 0.4) is 0 Å². The molecule has 104 valence electrons. The zero-order chi connectivity index (χ0) is 14.4. The van der Waals surface area contributed by atoms with Crippen LogP contribution in [-0.4, -0.2) is 14.3 Å². The summed E-state index contributed by atoms with van der Waals surface area (Å²) in [6.45, 7) is 4.07. The summed E-state index contributed by atoms with van der Waals surface area (Å²) in [6, 6.07) is 4.25. The Balaban J connectivity index is 2.17. The molecule has 0 aromatic heterocycles. The molecule has 1 atom stereocenters. The van der Waals surface area contributed by atoms with Crippen molar-refractivity contribution in [2.75, 3.05) is 5.32 Å². The van der Waals surface area contributed by atoms with Crippen LogP contribution in [0.25, 0.3) is 0 Å². The predicted molar refractivity (Wildman–Crippen MR) is 77.7 cm³/mol. The summed E-state index contributed by atoms with van der Waals surface area (Å²) < 4.78 is 22.8. The number of rotatable bonds is 3. The molecule has 1 fully saturated rings. The molecule has 7 heteroatoms. The number of benzene rings is 1. The smallest absolute Gasteiger partial charge is 0.261 e. The quantitative estimate of drug-likeness (QED) is 0.834. The number of carbonyl (C=O) groups excluding carboxylic acids is 1. The summed E-state index contributed by atoms with van der Waals surface area (Å²) in [7, 11) is 1.49. The van der Waals surface area contributed by atoms with E-state index in [1.54, 1.807) is 0 Å². The summed E-state index contributed by atoms with van der Waals surface area (Å²) >= 11 is 3.23. The van der Waals surface area contributed by atoms with Crippen molar-refractivity contribution in [3.8, 4) is 0 Å². The fraction of sp³-hybridized carbons (Fsp3) is 0.417. The van der Waals surface area contributed by atoms with Gasteiger partial charge in [0, 0.05) is 21.1 Å². The molecule has 1 unspecified atom stereocenters. The van der Waals surface area contributed by atoms with Gasteiger partial charge in [-0.3, -0.25) is 4.79 Å². The van der Waals surface area contributed by atoms with Crippen molar-refractivity contribution in [2.45, 2.75) is 25.2 Å². The van der Waals surface area contributed by atoms with Gasteiger partial charge in [0.25, 0.3) is 9.05 Å². The first-order valence-corrected chi connectivity index (χ1v) is 8.76. The number of nitrogens with one attached hydrogen (secondary N) is 1. The maximum absolute atomic E-state index is 11.9. The minimum Gasteiger partial charge on any atom is -0.325 e. The maximum atomic E-state index is 11.9. The van der Waals surface area contributed by atoms with E-state index in [2.05, 4.69) is 21.2 Å². The normalized spacial score (nSPS) is 20.9. The van der Waals surface area contributed by atoms with Gasteiger partial charge in [0.1, 0.15) is 0 Å². The minimum absolute atomic E-state index is 0.00853. The molecule has 1 N–H and O–H groups in total. The van der Waals surface area contributed by atoms with E-state index in [1.807, 2.05) is 13.8 Å². The molecule has 1 saturated carbocycles. The third-order valence-electron chi connectivity index (χ3n) is 3.31. The lowest BCUT2D eigenvalue weighted by atomic mass is 10.1. The Bertz CT molecular complexity index is 642. The third kappa shape index (κ3) is 3.30. The van der Waals surface area contributed by atoms with Gasteiger partial charge in [0.15, 0.2) is 0 Å². The lowest BCUT2D eigenvalue weighted by Crippen LogP contribution is -2.16. The second-order valence-corrected chi connectivity index (χ2v) is 8.73. The summed E-state index contributed by atoms with van der Waals surface area (Å²) in [6.07, 6.45) is 0.866. The fourth-order valence-electron chi connectivity index (χ4n) is 1.88. The molecule has 0 spiro atoms. The van der Waals surface area contributed by atoms with Crippen molar-refractivity contribution < 1.29 is 13.2 Å². The lowest BCUT2D eigenvalue weighted by molar-refractivity contribution is -0.118.